The quantitative estimate of drug-likeness (QED) is 0.736. The molecule has 1 aliphatic heterocycles. The molecule has 0 fully saturated rings. The zero-order chi connectivity index (χ0) is 15.4. The van der Waals surface area contributed by atoms with Gasteiger partial charge in [-0.25, -0.2) is 4.79 Å². The van der Waals surface area contributed by atoms with Crippen molar-refractivity contribution < 1.29 is 24.5 Å². The lowest BCUT2D eigenvalue weighted by molar-refractivity contribution is -0.141. The Morgan fingerprint density at radius 2 is 2.19 bits per heavy atom. The van der Waals surface area contributed by atoms with Gasteiger partial charge in [0.25, 0.3) is 5.91 Å². The molecule has 0 saturated carbocycles. The predicted octanol–water partition coefficient (Wildman–Crippen LogP) is 1.18. The zero-order valence-corrected chi connectivity index (χ0v) is 12.6. The largest absolute Gasteiger partial charge is 0.488 e. The Morgan fingerprint density at radius 1 is 1.43 bits per heavy atom. The number of benzene rings is 1. The van der Waals surface area contributed by atoms with Gasteiger partial charge in [-0.2, -0.15) is 0 Å². The Balaban J connectivity index is 2.15. The molecule has 21 heavy (non-hydrogen) atoms. The summed E-state index contributed by atoms with van der Waals surface area (Å²) in [5.74, 6) is -1.03. The molecule has 0 aliphatic carbocycles. The number of carbonyl (C=O) groups is 2. The Kier molecular flexibility index (Phi) is 4.98. The maximum Gasteiger partial charge on any atom is 0.326 e. The summed E-state index contributed by atoms with van der Waals surface area (Å²) in [6, 6.07) is 4.31. The lowest BCUT2D eigenvalue weighted by Gasteiger charge is -2.19. The number of ether oxygens (including phenoxy) is 1. The molecule has 1 heterocycles. The van der Waals surface area contributed by atoms with E-state index < -0.39 is 17.9 Å². The second kappa shape index (κ2) is 6.73. The number of hydrogen-bond donors (Lipinski definition) is 3. The summed E-state index contributed by atoms with van der Waals surface area (Å²) >= 11 is 3.34. The van der Waals surface area contributed by atoms with Crippen LogP contribution in [0.1, 0.15) is 12.0 Å². The number of aliphatic hydroxyl groups is 1. The third kappa shape index (κ3) is 3.83. The highest BCUT2D eigenvalue weighted by atomic mass is 79.9. The third-order valence-corrected chi connectivity index (χ3v) is 3.49. The number of carboxylic acid groups (broad SMARTS) is 1. The molecule has 1 unspecified atom stereocenters. The van der Waals surface area contributed by atoms with Crippen molar-refractivity contribution in [3.8, 4) is 5.75 Å². The summed E-state index contributed by atoms with van der Waals surface area (Å²) in [5, 5.41) is 20.1. The number of nitrogens with one attached hydrogen (secondary N) is 1. The van der Waals surface area contributed by atoms with E-state index in [1.54, 1.807) is 12.1 Å². The summed E-state index contributed by atoms with van der Waals surface area (Å²) in [6.07, 6.45) is 1.62. The molecule has 3 N–H and O–H groups in total. The summed E-state index contributed by atoms with van der Waals surface area (Å²) in [5.41, 5.74) is 1.08. The van der Waals surface area contributed by atoms with Crippen LogP contribution in [0.2, 0.25) is 0 Å². The smallest absolute Gasteiger partial charge is 0.326 e. The average Bonchev–Trinajstić information content (AvgIpc) is 2.45. The highest BCUT2D eigenvalue weighted by Crippen LogP contribution is 2.29. The van der Waals surface area contributed by atoms with Gasteiger partial charge in [0.2, 0.25) is 0 Å². The van der Waals surface area contributed by atoms with Gasteiger partial charge < -0.3 is 20.3 Å². The maximum atomic E-state index is 12.1. The zero-order valence-electron chi connectivity index (χ0n) is 11.0. The van der Waals surface area contributed by atoms with E-state index in [0.717, 1.165) is 10.0 Å². The van der Waals surface area contributed by atoms with Gasteiger partial charge in [-0.05, 0) is 24.3 Å². The van der Waals surface area contributed by atoms with Gasteiger partial charge in [0, 0.05) is 23.1 Å². The first-order chi connectivity index (χ1) is 10.0. The topological polar surface area (TPSA) is 95.9 Å². The molecule has 6 nitrogen and oxygen atoms in total. The van der Waals surface area contributed by atoms with E-state index in [2.05, 4.69) is 21.2 Å². The first-order valence-corrected chi connectivity index (χ1v) is 7.08. The van der Waals surface area contributed by atoms with Crippen molar-refractivity contribution in [2.24, 2.45) is 0 Å². The fraction of sp³-hybridized carbons (Fsp3) is 0.286. The number of rotatable bonds is 5. The Hall–Kier alpha value is -1.86. The van der Waals surface area contributed by atoms with Gasteiger partial charge in [-0.15, -0.1) is 0 Å². The lowest BCUT2D eigenvalue weighted by Crippen LogP contribution is -2.42. The molecule has 0 spiro atoms. The molecule has 2 rings (SSSR count). The van der Waals surface area contributed by atoms with Gasteiger partial charge in [0.15, 0.2) is 0 Å². The summed E-state index contributed by atoms with van der Waals surface area (Å²) in [6.45, 7) is -0.242. The maximum absolute atomic E-state index is 12.1. The SMILES string of the molecule is O=C(NC(CCO)C(=O)O)C1=Cc2cc(Br)ccc2OC1. The van der Waals surface area contributed by atoms with E-state index in [0.29, 0.717) is 11.3 Å². The molecular weight excluding hydrogens is 342 g/mol. The summed E-state index contributed by atoms with van der Waals surface area (Å²) in [7, 11) is 0. The number of hydrogen-bond acceptors (Lipinski definition) is 4. The number of carboxylic acids is 1. The first kappa shape index (κ1) is 15.5. The molecule has 0 radical (unpaired) electrons. The second-order valence-corrected chi connectivity index (χ2v) is 5.43. The molecule has 112 valence electrons. The van der Waals surface area contributed by atoms with E-state index in [9.17, 15) is 9.59 Å². The van der Waals surface area contributed by atoms with E-state index in [4.69, 9.17) is 14.9 Å². The number of aliphatic hydroxyl groups excluding tert-OH is 1. The Bertz CT molecular complexity index is 599. The number of amides is 1. The third-order valence-electron chi connectivity index (χ3n) is 3.00. The van der Waals surface area contributed by atoms with Gasteiger partial charge in [-0.1, -0.05) is 15.9 Å². The van der Waals surface area contributed by atoms with Gasteiger partial charge >= 0.3 is 5.97 Å². The van der Waals surface area contributed by atoms with Crippen molar-refractivity contribution in [3.05, 3.63) is 33.8 Å². The van der Waals surface area contributed by atoms with Gasteiger partial charge in [0.1, 0.15) is 18.4 Å². The van der Waals surface area contributed by atoms with Crippen LogP contribution in [-0.4, -0.2) is 41.3 Å². The molecular formula is C14H14BrNO5. The molecule has 7 heteroatoms. The van der Waals surface area contributed by atoms with Crippen LogP contribution in [0.25, 0.3) is 6.08 Å². The molecule has 0 saturated heterocycles. The summed E-state index contributed by atoms with van der Waals surface area (Å²) < 4.78 is 6.32. The van der Waals surface area contributed by atoms with Crippen molar-refractivity contribution in [2.45, 2.75) is 12.5 Å². The number of halogens is 1. The summed E-state index contributed by atoms with van der Waals surface area (Å²) in [4.78, 5) is 23.0. The number of carbonyl (C=O) groups excluding carboxylic acids is 1. The van der Waals surface area contributed by atoms with E-state index >= 15 is 0 Å². The normalized spacial score (nSPS) is 14.5. The molecule has 1 aromatic carbocycles. The van der Waals surface area contributed by atoms with Crippen LogP contribution < -0.4 is 10.1 Å². The van der Waals surface area contributed by atoms with Crippen LogP contribution in [0.3, 0.4) is 0 Å². The van der Waals surface area contributed by atoms with Crippen molar-refractivity contribution in [1.29, 1.82) is 0 Å². The van der Waals surface area contributed by atoms with Crippen molar-refractivity contribution in [1.82, 2.24) is 5.32 Å². The number of aliphatic carboxylic acids is 1. The van der Waals surface area contributed by atoms with Crippen LogP contribution >= 0.6 is 15.9 Å². The molecule has 1 aliphatic rings. The average molecular weight is 356 g/mol. The fourth-order valence-corrected chi connectivity index (χ4v) is 2.30. The Morgan fingerprint density at radius 3 is 2.86 bits per heavy atom. The lowest BCUT2D eigenvalue weighted by atomic mass is 10.1. The van der Waals surface area contributed by atoms with E-state index in [-0.39, 0.29) is 19.6 Å². The van der Waals surface area contributed by atoms with Crippen molar-refractivity contribution in [2.75, 3.05) is 13.2 Å². The minimum absolute atomic E-state index is 0.0443. The van der Waals surface area contributed by atoms with Crippen LogP contribution in [-0.2, 0) is 9.59 Å². The van der Waals surface area contributed by atoms with E-state index in [1.165, 1.54) is 0 Å². The highest BCUT2D eigenvalue weighted by molar-refractivity contribution is 9.10. The van der Waals surface area contributed by atoms with Crippen LogP contribution in [0.5, 0.6) is 5.75 Å². The van der Waals surface area contributed by atoms with E-state index in [1.807, 2.05) is 12.1 Å². The predicted molar refractivity (Wildman–Crippen MR) is 78.9 cm³/mol. The van der Waals surface area contributed by atoms with Crippen LogP contribution in [0.4, 0.5) is 0 Å². The van der Waals surface area contributed by atoms with Crippen LogP contribution in [0.15, 0.2) is 28.2 Å². The monoisotopic (exact) mass is 355 g/mol. The minimum Gasteiger partial charge on any atom is -0.488 e. The molecule has 1 amide bonds. The molecule has 0 aromatic heterocycles. The van der Waals surface area contributed by atoms with Gasteiger partial charge in [0.05, 0.1) is 5.57 Å². The molecule has 1 aromatic rings. The first-order valence-electron chi connectivity index (χ1n) is 6.28. The Labute approximate surface area is 129 Å². The van der Waals surface area contributed by atoms with Gasteiger partial charge in [-0.3, -0.25) is 4.79 Å². The van der Waals surface area contributed by atoms with Crippen LogP contribution in [0, 0.1) is 0 Å². The van der Waals surface area contributed by atoms with Crippen molar-refractivity contribution in [3.63, 3.8) is 0 Å². The standard InChI is InChI=1S/C14H14BrNO5/c15-10-1-2-12-8(6-10)5-9(7-21-12)13(18)16-11(3-4-17)14(19)20/h1-2,5-6,11,17H,3-4,7H2,(H,16,18)(H,19,20). The minimum atomic E-state index is -1.18. The van der Waals surface area contributed by atoms with Crippen molar-refractivity contribution >= 4 is 33.9 Å². The second-order valence-electron chi connectivity index (χ2n) is 4.52. The number of fused-ring (bicyclic) bond motifs is 1. The highest BCUT2D eigenvalue weighted by Gasteiger charge is 2.23. The molecule has 0 bridgehead atoms. The molecule has 1 atom stereocenters. The fourth-order valence-electron chi connectivity index (χ4n) is 1.92.